The summed E-state index contributed by atoms with van der Waals surface area (Å²) in [5.41, 5.74) is 16.6. The number of rotatable bonds is 5. The van der Waals surface area contributed by atoms with E-state index in [0.29, 0.717) is 0 Å². The topological polar surface area (TPSA) is 6.48 Å². The summed E-state index contributed by atoms with van der Waals surface area (Å²) in [6.45, 7) is 9.37. The smallest absolute Gasteiger partial charge is 0.0372 e. The first-order chi connectivity index (χ1) is 26.0. The van der Waals surface area contributed by atoms with Crippen molar-refractivity contribution >= 4 is 38.5 Å². The molecule has 2 heterocycles. The minimum Gasteiger partial charge on any atom is -0.372 e. The van der Waals surface area contributed by atoms with Crippen LogP contribution in [0.25, 0.3) is 60.5 Å². The molecule has 264 valence electrons. The van der Waals surface area contributed by atoms with Gasteiger partial charge in [-0.15, -0.1) is 0 Å². The Bertz CT molecular complexity index is 2430. The van der Waals surface area contributed by atoms with Gasteiger partial charge in [-0.25, -0.2) is 0 Å². The van der Waals surface area contributed by atoms with E-state index in [-0.39, 0.29) is 5.41 Å². The number of nitrogens with zero attached hydrogens (tertiary/aromatic N) is 2. The fourth-order valence-corrected chi connectivity index (χ4v) is 10.2. The van der Waals surface area contributed by atoms with Crippen LogP contribution < -0.4 is 9.80 Å². The molecule has 10 rings (SSSR count). The van der Waals surface area contributed by atoms with Gasteiger partial charge in [-0.1, -0.05) is 98.8 Å². The lowest BCUT2D eigenvalue weighted by atomic mass is 9.79. The van der Waals surface area contributed by atoms with E-state index in [2.05, 4.69) is 145 Å². The molecule has 0 N–H and O–H groups in total. The van der Waals surface area contributed by atoms with Crippen LogP contribution in [-0.2, 0) is 5.41 Å². The average Bonchev–Trinajstić information content (AvgIpc) is 3.45. The Morgan fingerprint density at radius 1 is 0.491 bits per heavy atom. The highest BCUT2D eigenvalue weighted by Gasteiger charge is 2.37. The van der Waals surface area contributed by atoms with Gasteiger partial charge < -0.3 is 9.80 Å². The predicted molar refractivity (Wildman–Crippen MR) is 228 cm³/mol. The van der Waals surface area contributed by atoms with Crippen LogP contribution in [0, 0.1) is 0 Å². The quantitative estimate of drug-likeness (QED) is 0.166. The van der Waals surface area contributed by atoms with Crippen molar-refractivity contribution < 1.29 is 0 Å². The molecule has 2 heteroatoms. The molecule has 2 nitrogen and oxygen atoms in total. The molecule has 0 radical (unpaired) electrons. The van der Waals surface area contributed by atoms with Crippen LogP contribution in [0.15, 0.2) is 127 Å². The number of hydrogen-bond acceptors (Lipinski definition) is 2. The van der Waals surface area contributed by atoms with Gasteiger partial charge in [0.05, 0.1) is 0 Å². The van der Waals surface area contributed by atoms with Gasteiger partial charge in [0.2, 0.25) is 0 Å². The Kier molecular flexibility index (Phi) is 8.05. The van der Waals surface area contributed by atoms with Crippen LogP contribution in [0.2, 0.25) is 0 Å². The molecule has 6 aromatic rings. The first-order valence-electron chi connectivity index (χ1n) is 20.3. The van der Waals surface area contributed by atoms with Crippen molar-refractivity contribution in [2.24, 2.45) is 0 Å². The monoisotopic (exact) mass is 690 g/mol. The summed E-state index contributed by atoms with van der Waals surface area (Å²) in [6.07, 6.45) is 14.8. The van der Waals surface area contributed by atoms with Gasteiger partial charge in [-0.3, -0.25) is 0 Å². The highest BCUT2D eigenvalue weighted by molar-refractivity contribution is 6.22. The molecule has 0 atom stereocenters. The third-order valence-corrected chi connectivity index (χ3v) is 12.9. The number of fused-ring (bicyclic) bond motifs is 4. The first-order valence-corrected chi connectivity index (χ1v) is 20.3. The van der Waals surface area contributed by atoms with E-state index in [0.717, 1.165) is 39.0 Å². The van der Waals surface area contributed by atoms with Crippen molar-refractivity contribution in [3.05, 3.63) is 138 Å². The van der Waals surface area contributed by atoms with Crippen molar-refractivity contribution in [1.82, 2.24) is 0 Å². The van der Waals surface area contributed by atoms with Gasteiger partial charge in [0.15, 0.2) is 0 Å². The molecule has 0 bridgehead atoms. The molecule has 0 amide bonds. The maximum atomic E-state index is 2.62. The fraction of sp³-hybridized carbons (Fsp3) is 0.294. The van der Waals surface area contributed by atoms with E-state index in [1.54, 1.807) is 5.57 Å². The number of piperidine rings is 2. The molecule has 4 aliphatic rings. The Morgan fingerprint density at radius 2 is 1.08 bits per heavy atom. The molecule has 2 fully saturated rings. The molecule has 0 spiro atoms. The summed E-state index contributed by atoms with van der Waals surface area (Å²) in [5, 5.41) is 5.37. The normalized spacial score (nSPS) is 18.2. The second-order valence-electron chi connectivity index (χ2n) is 16.5. The van der Waals surface area contributed by atoms with Crippen molar-refractivity contribution in [3.63, 3.8) is 0 Å². The second kappa shape index (κ2) is 13.1. The maximum Gasteiger partial charge on any atom is 0.0372 e. The lowest BCUT2D eigenvalue weighted by Gasteiger charge is -2.30. The van der Waals surface area contributed by atoms with Crippen LogP contribution in [0.5, 0.6) is 0 Å². The van der Waals surface area contributed by atoms with Gasteiger partial charge in [0.25, 0.3) is 0 Å². The molecular formula is C51H50N2. The zero-order valence-electron chi connectivity index (χ0n) is 31.4. The summed E-state index contributed by atoms with van der Waals surface area (Å²) in [6, 6.07) is 42.6. The predicted octanol–water partition coefficient (Wildman–Crippen LogP) is 13.4. The van der Waals surface area contributed by atoms with E-state index < -0.39 is 0 Å². The summed E-state index contributed by atoms with van der Waals surface area (Å²) in [7, 11) is 0. The molecule has 2 aliphatic heterocycles. The summed E-state index contributed by atoms with van der Waals surface area (Å²) in [4.78, 5) is 5.23. The van der Waals surface area contributed by atoms with Gasteiger partial charge in [0, 0.05) is 43.0 Å². The van der Waals surface area contributed by atoms with Crippen LogP contribution in [0.3, 0.4) is 0 Å². The Labute approximate surface area is 315 Å². The van der Waals surface area contributed by atoms with Gasteiger partial charge >= 0.3 is 0 Å². The van der Waals surface area contributed by atoms with Crippen LogP contribution in [0.4, 0.5) is 11.4 Å². The molecule has 2 saturated heterocycles. The van der Waals surface area contributed by atoms with Crippen molar-refractivity contribution in [2.75, 3.05) is 36.0 Å². The standard InChI is InChI=1S/C51H50N2/c1-51(2)47-20-9-8-19-41(47)42-24-21-37(32-48(42)51)36-17-14-18-38(31-36)50-44-26-23-39(52-27-10-4-11-28-52)33-45(44)49(35-15-6-3-7-16-35)43-25-22-40(34-46(43)50)53-29-12-5-13-30-53/h3,6-7,9,14-18,20-26,31-34H,4-5,8,10-13,19,27-30H2,1-2H3. The zero-order valence-corrected chi connectivity index (χ0v) is 31.4. The third kappa shape index (κ3) is 5.52. The van der Waals surface area contributed by atoms with Crippen LogP contribution >= 0.6 is 0 Å². The Balaban J connectivity index is 1.20. The molecule has 0 aromatic heterocycles. The minimum atomic E-state index is 0.0196. The van der Waals surface area contributed by atoms with E-state index >= 15 is 0 Å². The summed E-state index contributed by atoms with van der Waals surface area (Å²) >= 11 is 0. The summed E-state index contributed by atoms with van der Waals surface area (Å²) in [5.74, 6) is 0. The number of allylic oxidation sites excluding steroid dienone is 4. The van der Waals surface area contributed by atoms with Gasteiger partial charge in [-0.2, -0.15) is 0 Å². The third-order valence-electron chi connectivity index (χ3n) is 12.9. The van der Waals surface area contributed by atoms with E-state index in [9.17, 15) is 0 Å². The highest BCUT2D eigenvalue weighted by Crippen LogP contribution is 2.51. The number of hydrogen-bond donors (Lipinski definition) is 0. The Morgan fingerprint density at radius 3 is 1.74 bits per heavy atom. The SMILES string of the molecule is CC1(C)C2=C(CCC=C2)c2ccc(-c3cccc(-c4c5ccc(N6CCCCC6)cc5c(-c5ccccc5)c5ccc(N6CCCCC6)cc45)c3)cc21. The van der Waals surface area contributed by atoms with Crippen molar-refractivity contribution in [2.45, 2.75) is 70.6 Å². The van der Waals surface area contributed by atoms with Crippen LogP contribution in [-0.4, -0.2) is 26.2 Å². The molecule has 2 aliphatic carbocycles. The van der Waals surface area contributed by atoms with Crippen molar-refractivity contribution in [3.8, 4) is 33.4 Å². The second-order valence-corrected chi connectivity index (χ2v) is 16.5. The van der Waals surface area contributed by atoms with Gasteiger partial charge in [-0.05, 0) is 165 Å². The van der Waals surface area contributed by atoms with E-state index in [4.69, 9.17) is 0 Å². The first kappa shape index (κ1) is 32.6. The largest absolute Gasteiger partial charge is 0.372 e. The lowest BCUT2D eigenvalue weighted by molar-refractivity contribution is 0.578. The molecular weight excluding hydrogens is 641 g/mol. The minimum absolute atomic E-state index is 0.0196. The number of anilines is 2. The molecule has 53 heavy (non-hydrogen) atoms. The average molecular weight is 691 g/mol. The zero-order chi connectivity index (χ0) is 35.5. The Hall–Kier alpha value is -5.08. The van der Waals surface area contributed by atoms with Gasteiger partial charge in [0.1, 0.15) is 0 Å². The van der Waals surface area contributed by atoms with Crippen LogP contribution in [0.1, 0.15) is 76.3 Å². The molecule has 0 saturated carbocycles. The molecule has 0 unspecified atom stereocenters. The maximum absolute atomic E-state index is 2.62. The summed E-state index contributed by atoms with van der Waals surface area (Å²) < 4.78 is 0. The number of benzene rings is 6. The van der Waals surface area contributed by atoms with E-state index in [1.165, 1.54) is 122 Å². The molecule has 6 aromatic carbocycles. The van der Waals surface area contributed by atoms with Crippen molar-refractivity contribution in [1.29, 1.82) is 0 Å². The highest BCUT2D eigenvalue weighted by atomic mass is 15.1. The fourth-order valence-electron chi connectivity index (χ4n) is 10.2. The van der Waals surface area contributed by atoms with E-state index in [1.807, 2.05) is 0 Å². The lowest BCUT2D eigenvalue weighted by Crippen LogP contribution is -2.29.